The fourth-order valence-corrected chi connectivity index (χ4v) is 1.46. The monoisotopic (exact) mass is 230 g/mol. The number of morpholine rings is 1. The average Bonchev–Trinajstić information content (AvgIpc) is 2.16. The zero-order chi connectivity index (χ0) is 12.0. The van der Waals surface area contributed by atoms with Crippen LogP contribution in [0.2, 0.25) is 0 Å². The van der Waals surface area contributed by atoms with E-state index in [2.05, 4.69) is 10.6 Å². The summed E-state index contributed by atoms with van der Waals surface area (Å²) in [4.78, 5) is 11.4. The van der Waals surface area contributed by atoms with Crippen LogP contribution in [0.25, 0.3) is 0 Å². The number of ether oxygens (including phenoxy) is 2. The van der Waals surface area contributed by atoms with Crippen molar-refractivity contribution in [3.05, 3.63) is 0 Å². The molecule has 1 unspecified atom stereocenters. The zero-order valence-corrected chi connectivity index (χ0v) is 10.3. The van der Waals surface area contributed by atoms with E-state index in [4.69, 9.17) is 9.47 Å². The lowest BCUT2D eigenvalue weighted by molar-refractivity contribution is -0.153. The van der Waals surface area contributed by atoms with Gasteiger partial charge in [-0.2, -0.15) is 0 Å². The Morgan fingerprint density at radius 2 is 2.31 bits per heavy atom. The Kier molecular flexibility index (Phi) is 5.18. The first-order chi connectivity index (χ1) is 7.47. The number of carbonyl (C=O) groups is 1. The third-order valence-corrected chi connectivity index (χ3v) is 2.07. The molecule has 5 nitrogen and oxygen atoms in total. The number of hydrogen-bond donors (Lipinski definition) is 2. The van der Waals surface area contributed by atoms with Gasteiger partial charge in [0.25, 0.3) is 0 Å². The molecule has 1 atom stereocenters. The van der Waals surface area contributed by atoms with E-state index in [1.54, 1.807) is 0 Å². The van der Waals surface area contributed by atoms with Gasteiger partial charge in [0.05, 0.1) is 19.3 Å². The fourth-order valence-electron chi connectivity index (χ4n) is 1.46. The molecule has 0 aliphatic carbocycles. The average molecular weight is 230 g/mol. The van der Waals surface area contributed by atoms with Gasteiger partial charge < -0.3 is 20.1 Å². The maximum atomic E-state index is 11.4. The minimum Gasteiger partial charge on any atom is -0.459 e. The first-order valence-corrected chi connectivity index (χ1v) is 5.72. The van der Waals surface area contributed by atoms with Crippen molar-refractivity contribution in [3.63, 3.8) is 0 Å². The molecule has 0 spiro atoms. The molecule has 0 aromatic carbocycles. The maximum absolute atomic E-state index is 11.4. The van der Waals surface area contributed by atoms with Crippen LogP contribution in [0, 0.1) is 0 Å². The highest BCUT2D eigenvalue weighted by molar-refractivity contribution is 5.72. The summed E-state index contributed by atoms with van der Waals surface area (Å²) in [5.74, 6) is -0.226. The number of carbonyl (C=O) groups excluding carboxylic acids is 1. The molecule has 94 valence electrons. The van der Waals surface area contributed by atoms with Crippen molar-refractivity contribution in [2.24, 2.45) is 0 Å². The molecule has 5 heteroatoms. The van der Waals surface area contributed by atoms with Gasteiger partial charge in [0, 0.05) is 19.6 Å². The molecule has 1 rings (SSSR count). The van der Waals surface area contributed by atoms with Crippen LogP contribution in [0.4, 0.5) is 0 Å². The Labute approximate surface area is 96.9 Å². The van der Waals surface area contributed by atoms with Gasteiger partial charge in [-0.1, -0.05) is 0 Å². The molecule has 16 heavy (non-hydrogen) atoms. The summed E-state index contributed by atoms with van der Waals surface area (Å²) in [6, 6.07) is 0. The van der Waals surface area contributed by atoms with Gasteiger partial charge in [0.2, 0.25) is 0 Å². The van der Waals surface area contributed by atoms with Crippen LogP contribution >= 0.6 is 0 Å². The molecular formula is C11H22N2O3. The summed E-state index contributed by atoms with van der Waals surface area (Å²) in [5, 5.41) is 6.27. The summed E-state index contributed by atoms with van der Waals surface area (Å²) in [6.07, 6.45) is 0.149. The predicted octanol–water partition coefficient (Wildman–Crippen LogP) is -0.0939. The van der Waals surface area contributed by atoms with E-state index in [9.17, 15) is 4.79 Å². The molecule has 0 aromatic heterocycles. The van der Waals surface area contributed by atoms with Crippen molar-refractivity contribution in [1.29, 1.82) is 0 Å². The lowest BCUT2D eigenvalue weighted by Gasteiger charge is -2.24. The first kappa shape index (κ1) is 13.4. The highest BCUT2D eigenvalue weighted by Gasteiger charge is 2.17. The summed E-state index contributed by atoms with van der Waals surface area (Å²) in [5.41, 5.74) is -0.415. The predicted molar refractivity (Wildman–Crippen MR) is 61.3 cm³/mol. The largest absolute Gasteiger partial charge is 0.459 e. The smallest absolute Gasteiger partial charge is 0.320 e. The highest BCUT2D eigenvalue weighted by atomic mass is 16.6. The van der Waals surface area contributed by atoms with Crippen molar-refractivity contribution < 1.29 is 14.3 Å². The summed E-state index contributed by atoms with van der Waals surface area (Å²) in [7, 11) is 0. The van der Waals surface area contributed by atoms with Crippen molar-refractivity contribution in [3.8, 4) is 0 Å². The van der Waals surface area contributed by atoms with Gasteiger partial charge in [-0.05, 0) is 20.8 Å². The number of nitrogens with one attached hydrogen (secondary N) is 2. The van der Waals surface area contributed by atoms with Gasteiger partial charge in [0.1, 0.15) is 5.60 Å². The van der Waals surface area contributed by atoms with Gasteiger partial charge in [0.15, 0.2) is 0 Å². The number of rotatable bonds is 4. The normalized spacial score (nSPS) is 21.8. The second kappa shape index (κ2) is 6.18. The van der Waals surface area contributed by atoms with Gasteiger partial charge in [-0.25, -0.2) is 0 Å². The Morgan fingerprint density at radius 3 is 2.88 bits per heavy atom. The third kappa shape index (κ3) is 6.05. The molecule has 1 heterocycles. The lowest BCUT2D eigenvalue weighted by atomic mass is 10.2. The van der Waals surface area contributed by atoms with Gasteiger partial charge in [-0.3, -0.25) is 4.79 Å². The van der Waals surface area contributed by atoms with Crippen molar-refractivity contribution >= 4 is 5.97 Å². The molecule has 1 aliphatic heterocycles. The van der Waals surface area contributed by atoms with Crippen molar-refractivity contribution in [2.45, 2.75) is 32.5 Å². The summed E-state index contributed by atoms with van der Waals surface area (Å²) >= 11 is 0. The standard InChI is InChI=1S/C11H22N2O3/c1-11(2,3)16-10(14)8-13-7-9-6-12-4-5-15-9/h9,12-13H,4-8H2,1-3H3. The van der Waals surface area contributed by atoms with E-state index < -0.39 is 5.60 Å². The topological polar surface area (TPSA) is 59.6 Å². The van der Waals surface area contributed by atoms with Crippen molar-refractivity contribution in [1.82, 2.24) is 10.6 Å². The molecule has 1 aliphatic rings. The van der Waals surface area contributed by atoms with Crippen LogP contribution < -0.4 is 10.6 Å². The molecule has 0 amide bonds. The quantitative estimate of drug-likeness (QED) is 0.661. The number of hydrogen-bond acceptors (Lipinski definition) is 5. The zero-order valence-electron chi connectivity index (χ0n) is 10.3. The Bertz CT molecular complexity index is 220. The van der Waals surface area contributed by atoms with Crippen LogP contribution in [-0.2, 0) is 14.3 Å². The van der Waals surface area contributed by atoms with E-state index >= 15 is 0 Å². The Hall–Kier alpha value is -0.650. The van der Waals surface area contributed by atoms with Gasteiger partial charge >= 0.3 is 5.97 Å². The fraction of sp³-hybridized carbons (Fsp3) is 0.909. The third-order valence-electron chi connectivity index (χ3n) is 2.07. The molecular weight excluding hydrogens is 208 g/mol. The van der Waals surface area contributed by atoms with E-state index in [1.165, 1.54) is 0 Å². The SMILES string of the molecule is CC(C)(C)OC(=O)CNCC1CNCCO1. The minimum absolute atomic E-state index is 0.149. The van der Waals surface area contributed by atoms with E-state index in [0.29, 0.717) is 6.54 Å². The lowest BCUT2D eigenvalue weighted by Crippen LogP contribution is -2.45. The van der Waals surface area contributed by atoms with E-state index in [0.717, 1.165) is 19.7 Å². The van der Waals surface area contributed by atoms with E-state index in [1.807, 2.05) is 20.8 Å². The molecule has 0 bridgehead atoms. The first-order valence-electron chi connectivity index (χ1n) is 5.72. The Balaban J connectivity index is 2.08. The van der Waals surface area contributed by atoms with Crippen LogP contribution in [0.5, 0.6) is 0 Å². The maximum Gasteiger partial charge on any atom is 0.320 e. The molecule has 2 N–H and O–H groups in total. The molecule has 0 radical (unpaired) electrons. The molecule has 0 aromatic rings. The van der Waals surface area contributed by atoms with Gasteiger partial charge in [-0.15, -0.1) is 0 Å². The summed E-state index contributed by atoms with van der Waals surface area (Å²) in [6.45, 7) is 8.96. The molecule has 1 saturated heterocycles. The van der Waals surface area contributed by atoms with Crippen molar-refractivity contribution in [2.75, 3.05) is 32.8 Å². The second-order valence-electron chi connectivity index (χ2n) is 4.91. The number of esters is 1. The second-order valence-corrected chi connectivity index (χ2v) is 4.91. The van der Waals surface area contributed by atoms with E-state index in [-0.39, 0.29) is 18.6 Å². The molecule has 0 saturated carbocycles. The van der Waals surface area contributed by atoms with Crippen LogP contribution in [-0.4, -0.2) is 50.5 Å². The van der Waals surface area contributed by atoms with Crippen LogP contribution in [0.3, 0.4) is 0 Å². The summed E-state index contributed by atoms with van der Waals surface area (Å²) < 4.78 is 10.7. The van der Waals surface area contributed by atoms with Crippen LogP contribution in [0.1, 0.15) is 20.8 Å². The molecule has 1 fully saturated rings. The minimum atomic E-state index is -0.415. The Morgan fingerprint density at radius 1 is 1.56 bits per heavy atom. The van der Waals surface area contributed by atoms with Crippen LogP contribution in [0.15, 0.2) is 0 Å². The highest BCUT2D eigenvalue weighted by Crippen LogP contribution is 2.06.